The minimum absolute atomic E-state index is 0.0851. The molecule has 1 aliphatic rings. The molecular weight excluding hydrogens is 318 g/mol. The molecule has 2 rings (SSSR count). The highest BCUT2D eigenvalue weighted by Gasteiger charge is 2.38. The van der Waals surface area contributed by atoms with Crippen molar-refractivity contribution in [1.29, 1.82) is 0 Å². The van der Waals surface area contributed by atoms with E-state index >= 15 is 0 Å². The van der Waals surface area contributed by atoms with Crippen LogP contribution in [0.1, 0.15) is 52.7 Å². The number of hydrogen-bond acceptors (Lipinski definition) is 5. The van der Waals surface area contributed by atoms with E-state index in [-0.39, 0.29) is 5.57 Å². The lowest BCUT2D eigenvalue weighted by molar-refractivity contribution is -0.222. The molecule has 0 radical (unpaired) electrons. The molecule has 0 N–H and O–H groups in total. The Labute approximate surface area is 149 Å². The number of hydrogen-bond donors (Lipinski definition) is 0. The zero-order valence-electron chi connectivity index (χ0n) is 15.8. The van der Waals surface area contributed by atoms with Gasteiger partial charge in [0.05, 0.1) is 0 Å². The van der Waals surface area contributed by atoms with E-state index in [0.717, 1.165) is 12.1 Å². The van der Waals surface area contributed by atoms with E-state index < -0.39 is 17.7 Å². The van der Waals surface area contributed by atoms with Crippen LogP contribution >= 0.6 is 0 Å². The molecule has 0 aliphatic carbocycles. The molecule has 1 aromatic carbocycles. The molecule has 0 aromatic heterocycles. The molecule has 1 saturated heterocycles. The van der Waals surface area contributed by atoms with Crippen LogP contribution in [0.3, 0.4) is 0 Å². The van der Waals surface area contributed by atoms with Crippen molar-refractivity contribution in [2.45, 2.75) is 66.0 Å². The lowest BCUT2D eigenvalue weighted by Gasteiger charge is -2.30. The third-order valence-corrected chi connectivity index (χ3v) is 4.10. The first-order valence-corrected chi connectivity index (χ1v) is 8.62. The van der Waals surface area contributed by atoms with Crippen LogP contribution in [0.5, 0.6) is 0 Å². The molecule has 136 valence electrons. The molecule has 5 nitrogen and oxygen atoms in total. The van der Waals surface area contributed by atoms with Crippen molar-refractivity contribution in [3.8, 4) is 0 Å². The van der Waals surface area contributed by atoms with Gasteiger partial charge in [0.25, 0.3) is 5.79 Å². The Bertz CT molecular complexity index is 641. The van der Waals surface area contributed by atoms with Gasteiger partial charge in [-0.1, -0.05) is 24.3 Å². The third-order valence-electron chi connectivity index (χ3n) is 4.10. The fourth-order valence-corrected chi connectivity index (χ4v) is 2.84. The summed E-state index contributed by atoms with van der Waals surface area (Å²) in [6, 6.07) is 8.71. The molecule has 1 fully saturated rings. The Kier molecular flexibility index (Phi) is 5.68. The number of carbonyl (C=O) groups is 2. The van der Waals surface area contributed by atoms with Gasteiger partial charge in [-0.05, 0) is 44.9 Å². The second-order valence-corrected chi connectivity index (χ2v) is 7.34. The van der Waals surface area contributed by atoms with E-state index in [1.165, 1.54) is 25.5 Å². The third kappa shape index (κ3) is 4.92. The SMILES string of the molecule is CC(C)N(Cc1ccc(C=C2C(=O)OC(C)(C)OC2=O)cc1)C(C)C. The molecule has 1 aliphatic heterocycles. The first kappa shape index (κ1) is 19.2. The minimum atomic E-state index is -1.22. The van der Waals surface area contributed by atoms with Crippen molar-refractivity contribution >= 4 is 18.0 Å². The summed E-state index contributed by atoms with van der Waals surface area (Å²) in [7, 11) is 0. The second kappa shape index (κ2) is 7.40. The highest BCUT2D eigenvalue weighted by atomic mass is 16.7. The van der Waals surface area contributed by atoms with Crippen LogP contribution in [-0.4, -0.2) is 34.7 Å². The van der Waals surface area contributed by atoms with Gasteiger partial charge < -0.3 is 9.47 Å². The summed E-state index contributed by atoms with van der Waals surface area (Å²) in [5.41, 5.74) is 1.85. The maximum atomic E-state index is 12.0. The van der Waals surface area contributed by atoms with Gasteiger partial charge in [0.2, 0.25) is 0 Å². The van der Waals surface area contributed by atoms with Crippen LogP contribution in [0.15, 0.2) is 29.8 Å². The van der Waals surface area contributed by atoms with Crippen LogP contribution in [0.25, 0.3) is 6.08 Å². The fraction of sp³-hybridized carbons (Fsp3) is 0.500. The van der Waals surface area contributed by atoms with Crippen LogP contribution in [0.2, 0.25) is 0 Å². The van der Waals surface area contributed by atoms with Crippen molar-refractivity contribution in [2.24, 2.45) is 0 Å². The Morgan fingerprint density at radius 2 is 1.44 bits per heavy atom. The monoisotopic (exact) mass is 345 g/mol. The zero-order valence-corrected chi connectivity index (χ0v) is 15.8. The summed E-state index contributed by atoms with van der Waals surface area (Å²) in [5.74, 6) is -2.53. The van der Waals surface area contributed by atoms with Gasteiger partial charge in [-0.2, -0.15) is 0 Å². The average Bonchev–Trinajstić information content (AvgIpc) is 2.48. The summed E-state index contributed by atoms with van der Waals surface area (Å²) in [6.07, 6.45) is 1.51. The van der Waals surface area contributed by atoms with E-state index in [2.05, 4.69) is 32.6 Å². The van der Waals surface area contributed by atoms with E-state index in [9.17, 15) is 9.59 Å². The maximum absolute atomic E-state index is 12.0. The predicted octanol–water partition coefficient (Wildman–Crippen LogP) is 3.52. The first-order chi connectivity index (χ1) is 11.6. The normalized spacial score (nSPS) is 17.1. The quantitative estimate of drug-likeness (QED) is 0.464. The van der Waals surface area contributed by atoms with Crippen LogP contribution in [0, 0.1) is 0 Å². The Morgan fingerprint density at radius 3 is 1.88 bits per heavy atom. The largest absolute Gasteiger partial charge is 0.419 e. The van der Waals surface area contributed by atoms with Crippen LogP contribution < -0.4 is 0 Å². The van der Waals surface area contributed by atoms with E-state index in [4.69, 9.17) is 9.47 Å². The van der Waals surface area contributed by atoms with Gasteiger partial charge in [0.15, 0.2) is 0 Å². The fourth-order valence-electron chi connectivity index (χ4n) is 2.84. The Balaban J connectivity index is 2.15. The number of carbonyl (C=O) groups excluding carboxylic acids is 2. The van der Waals surface area contributed by atoms with E-state index in [1.807, 2.05) is 24.3 Å². The average molecular weight is 345 g/mol. The molecule has 0 unspecified atom stereocenters. The Hall–Kier alpha value is -2.14. The van der Waals surface area contributed by atoms with E-state index in [1.54, 1.807) is 0 Å². The molecule has 0 saturated carbocycles. The number of esters is 2. The Morgan fingerprint density at radius 1 is 0.960 bits per heavy atom. The minimum Gasteiger partial charge on any atom is -0.419 e. The van der Waals surface area contributed by atoms with Crippen molar-refractivity contribution < 1.29 is 19.1 Å². The molecule has 0 spiro atoms. The predicted molar refractivity (Wildman–Crippen MR) is 96.5 cm³/mol. The van der Waals surface area contributed by atoms with Gasteiger partial charge >= 0.3 is 11.9 Å². The summed E-state index contributed by atoms with van der Waals surface area (Å²) in [6.45, 7) is 12.6. The van der Waals surface area contributed by atoms with Crippen molar-refractivity contribution in [2.75, 3.05) is 0 Å². The highest BCUT2D eigenvalue weighted by Crippen LogP contribution is 2.24. The number of ether oxygens (including phenoxy) is 2. The van der Waals surface area contributed by atoms with Crippen LogP contribution in [-0.2, 0) is 25.6 Å². The summed E-state index contributed by atoms with van der Waals surface area (Å²) >= 11 is 0. The first-order valence-electron chi connectivity index (χ1n) is 8.62. The summed E-state index contributed by atoms with van der Waals surface area (Å²) in [5, 5.41) is 0. The zero-order chi connectivity index (χ0) is 18.8. The number of benzene rings is 1. The molecule has 25 heavy (non-hydrogen) atoms. The molecule has 0 amide bonds. The molecule has 1 heterocycles. The molecular formula is C20H27NO4. The molecule has 5 heteroatoms. The standard InChI is InChI=1S/C20H27NO4/c1-13(2)21(14(3)4)12-16-9-7-15(8-10-16)11-17-18(22)24-20(5,6)25-19(17)23/h7-11,13-14H,12H2,1-6H3. The van der Waals surface area contributed by atoms with Gasteiger partial charge in [0, 0.05) is 32.5 Å². The van der Waals surface area contributed by atoms with E-state index in [0.29, 0.717) is 12.1 Å². The number of rotatable bonds is 5. The van der Waals surface area contributed by atoms with Crippen molar-refractivity contribution in [1.82, 2.24) is 4.90 Å². The maximum Gasteiger partial charge on any atom is 0.348 e. The van der Waals surface area contributed by atoms with Gasteiger partial charge in [0.1, 0.15) is 5.57 Å². The smallest absolute Gasteiger partial charge is 0.348 e. The molecule has 1 aromatic rings. The van der Waals surface area contributed by atoms with Crippen molar-refractivity contribution in [3.05, 3.63) is 41.0 Å². The molecule has 0 atom stereocenters. The summed E-state index contributed by atoms with van der Waals surface area (Å²) in [4.78, 5) is 26.4. The summed E-state index contributed by atoms with van der Waals surface area (Å²) < 4.78 is 10.2. The molecule has 0 bridgehead atoms. The van der Waals surface area contributed by atoms with Gasteiger partial charge in [-0.25, -0.2) is 9.59 Å². The number of cyclic esters (lactones) is 2. The lowest BCUT2D eigenvalue weighted by atomic mass is 10.1. The van der Waals surface area contributed by atoms with Gasteiger partial charge in [-0.3, -0.25) is 4.90 Å². The van der Waals surface area contributed by atoms with Gasteiger partial charge in [-0.15, -0.1) is 0 Å². The second-order valence-electron chi connectivity index (χ2n) is 7.34. The highest BCUT2D eigenvalue weighted by molar-refractivity contribution is 6.18. The lowest BCUT2D eigenvalue weighted by Crippen LogP contribution is -2.41. The van der Waals surface area contributed by atoms with Crippen LogP contribution in [0.4, 0.5) is 0 Å². The number of nitrogens with zero attached hydrogens (tertiary/aromatic N) is 1. The topological polar surface area (TPSA) is 55.8 Å². The van der Waals surface area contributed by atoms with Crippen molar-refractivity contribution in [3.63, 3.8) is 0 Å².